The smallest absolute Gasteiger partial charge is 0.244 e. The van der Waals surface area contributed by atoms with Crippen LogP contribution in [-0.4, -0.2) is 44.0 Å². The van der Waals surface area contributed by atoms with Crippen molar-refractivity contribution in [2.24, 2.45) is 0 Å². The summed E-state index contributed by atoms with van der Waals surface area (Å²) in [5, 5.41) is 6.46. The molecular weight excluding hydrogens is 401 g/mol. The number of ether oxygens (including phenoxy) is 1. The second kappa shape index (κ2) is 10.3. The van der Waals surface area contributed by atoms with Crippen molar-refractivity contribution < 1.29 is 14.3 Å². The van der Waals surface area contributed by atoms with Crippen LogP contribution >= 0.6 is 23.2 Å². The Labute approximate surface area is 174 Å². The van der Waals surface area contributed by atoms with Gasteiger partial charge in [0.15, 0.2) is 0 Å². The Hall–Kier alpha value is -2.28. The molecule has 2 aromatic carbocycles. The van der Waals surface area contributed by atoms with Gasteiger partial charge in [-0.1, -0.05) is 47.5 Å². The molecule has 28 heavy (non-hydrogen) atoms. The maximum absolute atomic E-state index is 12.4. The number of halogens is 2. The number of nitrogens with zero attached hydrogens (tertiary/aromatic N) is 1. The number of benzene rings is 2. The molecule has 0 heterocycles. The van der Waals surface area contributed by atoms with E-state index >= 15 is 0 Å². The first-order chi connectivity index (χ1) is 13.3. The van der Waals surface area contributed by atoms with Crippen LogP contribution in [0.3, 0.4) is 0 Å². The molecule has 2 rings (SSSR count). The number of rotatable bonds is 8. The van der Waals surface area contributed by atoms with Gasteiger partial charge in [0, 0.05) is 18.7 Å². The standard InChI is InChI=1S/C20H23Cl2N3O3/c1-13(14-7-4-5-10-17(14)28-3)23-11-19(27)25(2)12-18(26)24-20-15(21)8-6-9-16(20)22/h4-10,13,23H,11-12H2,1-3H3,(H,24,26). The fourth-order valence-corrected chi connectivity index (χ4v) is 3.10. The predicted octanol–water partition coefficient (Wildman–Crippen LogP) is 3.75. The van der Waals surface area contributed by atoms with E-state index in [4.69, 9.17) is 27.9 Å². The second-order valence-electron chi connectivity index (χ2n) is 6.24. The molecule has 2 aromatic rings. The van der Waals surface area contributed by atoms with E-state index in [9.17, 15) is 9.59 Å². The van der Waals surface area contributed by atoms with Crippen LogP contribution in [0, 0.1) is 0 Å². The quantitative estimate of drug-likeness (QED) is 0.677. The summed E-state index contributed by atoms with van der Waals surface area (Å²) in [6, 6.07) is 12.4. The van der Waals surface area contributed by atoms with E-state index in [2.05, 4.69) is 10.6 Å². The molecule has 0 aromatic heterocycles. The number of methoxy groups -OCH3 is 1. The Morgan fingerprint density at radius 3 is 2.39 bits per heavy atom. The van der Waals surface area contributed by atoms with Gasteiger partial charge in [0.05, 0.1) is 35.9 Å². The molecular formula is C20H23Cl2N3O3. The summed E-state index contributed by atoms with van der Waals surface area (Å²) in [5.74, 6) is 0.144. The minimum Gasteiger partial charge on any atom is -0.496 e. The normalized spacial score (nSPS) is 11.6. The van der Waals surface area contributed by atoms with Crippen LogP contribution in [0.4, 0.5) is 5.69 Å². The lowest BCUT2D eigenvalue weighted by Gasteiger charge is -2.20. The molecule has 0 radical (unpaired) electrons. The number of likely N-dealkylation sites (N-methyl/N-ethyl adjacent to an activating group) is 1. The summed E-state index contributed by atoms with van der Waals surface area (Å²) in [6.45, 7) is 1.90. The molecule has 0 saturated heterocycles. The molecule has 0 aliphatic carbocycles. The van der Waals surface area contributed by atoms with E-state index in [1.165, 1.54) is 4.90 Å². The predicted molar refractivity (Wildman–Crippen MR) is 112 cm³/mol. The van der Waals surface area contributed by atoms with Gasteiger partial charge in [0.25, 0.3) is 0 Å². The van der Waals surface area contributed by atoms with Gasteiger partial charge in [-0.15, -0.1) is 0 Å². The van der Waals surface area contributed by atoms with Crippen LogP contribution in [-0.2, 0) is 9.59 Å². The molecule has 0 saturated carbocycles. The third-order valence-electron chi connectivity index (χ3n) is 4.20. The zero-order valence-corrected chi connectivity index (χ0v) is 17.5. The maximum atomic E-state index is 12.4. The Balaban J connectivity index is 1.88. The zero-order valence-electron chi connectivity index (χ0n) is 16.0. The van der Waals surface area contributed by atoms with Gasteiger partial charge in [-0.2, -0.15) is 0 Å². The highest BCUT2D eigenvalue weighted by Gasteiger charge is 2.17. The van der Waals surface area contributed by atoms with Gasteiger partial charge >= 0.3 is 0 Å². The summed E-state index contributed by atoms with van der Waals surface area (Å²) in [6.07, 6.45) is 0. The first-order valence-electron chi connectivity index (χ1n) is 8.67. The number of hydrogen-bond acceptors (Lipinski definition) is 4. The zero-order chi connectivity index (χ0) is 20.7. The SMILES string of the molecule is COc1ccccc1C(C)NCC(=O)N(C)CC(=O)Nc1c(Cl)cccc1Cl. The number of anilines is 1. The van der Waals surface area contributed by atoms with Crippen LogP contribution in [0.15, 0.2) is 42.5 Å². The molecule has 0 fully saturated rings. The van der Waals surface area contributed by atoms with Gasteiger partial charge in [0.2, 0.25) is 11.8 Å². The van der Waals surface area contributed by atoms with Crippen LogP contribution in [0.5, 0.6) is 5.75 Å². The van der Waals surface area contributed by atoms with E-state index in [-0.39, 0.29) is 30.9 Å². The van der Waals surface area contributed by atoms with Gasteiger partial charge in [-0.3, -0.25) is 9.59 Å². The van der Waals surface area contributed by atoms with Crippen molar-refractivity contribution in [2.75, 3.05) is 32.6 Å². The van der Waals surface area contributed by atoms with E-state index in [0.717, 1.165) is 11.3 Å². The topological polar surface area (TPSA) is 70.7 Å². The van der Waals surface area contributed by atoms with Crippen LogP contribution in [0.2, 0.25) is 10.0 Å². The van der Waals surface area contributed by atoms with Gasteiger partial charge < -0.3 is 20.3 Å². The monoisotopic (exact) mass is 423 g/mol. The molecule has 150 valence electrons. The van der Waals surface area contributed by atoms with E-state index in [1.54, 1.807) is 32.4 Å². The lowest BCUT2D eigenvalue weighted by Crippen LogP contribution is -2.40. The van der Waals surface area contributed by atoms with E-state index in [1.807, 2.05) is 31.2 Å². The van der Waals surface area contributed by atoms with Crippen molar-refractivity contribution in [3.8, 4) is 5.75 Å². The highest BCUT2D eigenvalue weighted by Crippen LogP contribution is 2.29. The Morgan fingerprint density at radius 2 is 1.75 bits per heavy atom. The molecule has 6 nitrogen and oxygen atoms in total. The molecule has 1 unspecified atom stereocenters. The number of nitrogens with one attached hydrogen (secondary N) is 2. The molecule has 2 N–H and O–H groups in total. The van der Waals surface area contributed by atoms with Crippen molar-refractivity contribution in [3.05, 3.63) is 58.1 Å². The van der Waals surface area contributed by atoms with Crippen LogP contribution < -0.4 is 15.4 Å². The number of carbonyl (C=O) groups is 2. The van der Waals surface area contributed by atoms with Gasteiger partial charge in [-0.25, -0.2) is 0 Å². The van der Waals surface area contributed by atoms with Crippen molar-refractivity contribution in [1.29, 1.82) is 0 Å². The fourth-order valence-electron chi connectivity index (χ4n) is 2.61. The molecule has 0 aliphatic heterocycles. The highest BCUT2D eigenvalue weighted by atomic mass is 35.5. The number of hydrogen-bond donors (Lipinski definition) is 2. The van der Waals surface area contributed by atoms with E-state index < -0.39 is 0 Å². The van der Waals surface area contributed by atoms with Crippen LogP contribution in [0.1, 0.15) is 18.5 Å². The summed E-state index contributed by atoms with van der Waals surface area (Å²) in [7, 11) is 3.17. The number of para-hydroxylation sites is 2. The van der Waals surface area contributed by atoms with Gasteiger partial charge in [0.1, 0.15) is 5.75 Å². The third-order valence-corrected chi connectivity index (χ3v) is 4.83. The van der Waals surface area contributed by atoms with Crippen molar-refractivity contribution in [1.82, 2.24) is 10.2 Å². The summed E-state index contributed by atoms with van der Waals surface area (Å²) in [5.41, 5.74) is 1.28. The lowest BCUT2D eigenvalue weighted by molar-refractivity contribution is -0.132. The second-order valence-corrected chi connectivity index (χ2v) is 7.05. The van der Waals surface area contributed by atoms with Crippen LogP contribution in [0.25, 0.3) is 0 Å². The lowest BCUT2D eigenvalue weighted by atomic mass is 10.1. The minimum atomic E-state index is -0.386. The molecule has 1 atom stereocenters. The molecule has 0 aliphatic rings. The largest absolute Gasteiger partial charge is 0.496 e. The first-order valence-corrected chi connectivity index (χ1v) is 9.43. The summed E-state index contributed by atoms with van der Waals surface area (Å²) < 4.78 is 5.34. The molecule has 0 spiro atoms. The third kappa shape index (κ3) is 5.86. The Bertz CT molecular complexity index is 825. The maximum Gasteiger partial charge on any atom is 0.244 e. The Morgan fingerprint density at radius 1 is 1.11 bits per heavy atom. The summed E-state index contributed by atoms with van der Waals surface area (Å²) in [4.78, 5) is 25.9. The van der Waals surface area contributed by atoms with Gasteiger partial charge in [-0.05, 0) is 25.1 Å². The fraction of sp³-hybridized carbons (Fsp3) is 0.300. The number of carbonyl (C=O) groups excluding carboxylic acids is 2. The average Bonchev–Trinajstić information content (AvgIpc) is 2.68. The average molecular weight is 424 g/mol. The first kappa shape index (κ1) is 22.0. The molecule has 8 heteroatoms. The summed E-state index contributed by atoms with van der Waals surface area (Å²) >= 11 is 12.1. The molecule has 2 amide bonds. The number of amides is 2. The van der Waals surface area contributed by atoms with Crippen molar-refractivity contribution in [3.63, 3.8) is 0 Å². The van der Waals surface area contributed by atoms with Crippen molar-refractivity contribution in [2.45, 2.75) is 13.0 Å². The molecule has 0 bridgehead atoms. The Kier molecular flexibility index (Phi) is 8.11. The highest BCUT2D eigenvalue weighted by molar-refractivity contribution is 6.39. The minimum absolute atomic E-state index is 0.0792. The van der Waals surface area contributed by atoms with E-state index in [0.29, 0.717) is 15.7 Å². The van der Waals surface area contributed by atoms with Crippen molar-refractivity contribution >= 4 is 40.7 Å².